The van der Waals surface area contributed by atoms with Crippen LogP contribution in [0, 0.1) is 0 Å². The van der Waals surface area contributed by atoms with Crippen molar-refractivity contribution >= 4 is 34.7 Å². The van der Waals surface area contributed by atoms with Crippen molar-refractivity contribution in [2.24, 2.45) is 0 Å². The topological polar surface area (TPSA) is 24.9 Å². The van der Waals surface area contributed by atoms with Gasteiger partial charge in [-0.3, -0.25) is 0 Å². The first-order chi connectivity index (χ1) is 7.22. The van der Waals surface area contributed by atoms with Crippen LogP contribution in [0.25, 0.3) is 0 Å². The third-order valence-electron chi connectivity index (χ3n) is 2.03. The van der Waals surface area contributed by atoms with Crippen LogP contribution in [0.2, 0.25) is 4.34 Å². The molecule has 0 aliphatic heterocycles. The van der Waals surface area contributed by atoms with Crippen LogP contribution in [0.1, 0.15) is 25.3 Å². The molecule has 0 aliphatic rings. The summed E-state index contributed by atoms with van der Waals surface area (Å²) in [6, 6.07) is 0.548. The van der Waals surface area contributed by atoms with Crippen molar-refractivity contribution < 1.29 is 0 Å². The van der Waals surface area contributed by atoms with E-state index in [4.69, 9.17) is 11.6 Å². The average molecular weight is 265 g/mol. The Bertz CT molecular complexity index is 278. The van der Waals surface area contributed by atoms with Crippen molar-refractivity contribution in [2.75, 3.05) is 11.5 Å². The van der Waals surface area contributed by atoms with Crippen LogP contribution in [0.15, 0.2) is 6.20 Å². The highest BCUT2D eigenvalue weighted by atomic mass is 35.5. The second kappa shape index (κ2) is 7.49. The summed E-state index contributed by atoms with van der Waals surface area (Å²) in [6.45, 7) is 5.24. The van der Waals surface area contributed by atoms with E-state index >= 15 is 0 Å². The summed E-state index contributed by atoms with van der Waals surface area (Å²) in [6.07, 6.45) is 2.92. The van der Waals surface area contributed by atoms with Crippen molar-refractivity contribution in [3.63, 3.8) is 0 Å². The number of nitrogens with one attached hydrogen (secondary N) is 1. The molecule has 0 spiro atoms. The van der Waals surface area contributed by atoms with Gasteiger partial charge in [0.25, 0.3) is 0 Å². The molecule has 0 fully saturated rings. The van der Waals surface area contributed by atoms with Gasteiger partial charge in [0.1, 0.15) is 9.34 Å². The van der Waals surface area contributed by atoms with E-state index in [1.54, 1.807) is 17.5 Å². The van der Waals surface area contributed by atoms with Crippen LogP contribution in [-0.4, -0.2) is 22.5 Å². The van der Waals surface area contributed by atoms with E-state index in [0.29, 0.717) is 6.04 Å². The Labute approximate surface area is 105 Å². The fourth-order valence-corrected chi connectivity index (χ4v) is 2.85. The maximum atomic E-state index is 5.80. The molecule has 0 radical (unpaired) electrons. The molecule has 0 saturated carbocycles. The molecule has 1 rings (SSSR count). The van der Waals surface area contributed by atoms with E-state index in [-0.39, 0.29) is 0 Å². The molecule has 0 amide bonds. The Balaban J connectivity index is 2.13. The molecule has 2 nitrogen and oxygen atoms in total. The molecular weight excluding hydrogens is 248 g/mol. The molecule has 1 atom stereocenters. The SMILES string of the molecule is CCSCCC(C)NCc1ncc(Cl)s1. The van der Waals surface area contributed by atoms with E-state index in [9.17, 15) is 0 Å². The summed E-state index contributed by atoms with van der Waals surface area (Å²) < 4.78 is 0.765. The highest BCUT2D eigenvalue weighted by Gasteiger charge is 2.03. The van der Waals surface area contributed by atoms with Crippen molar-refractivity contribution in [1.29, 1.82) is 0 Å². The van der Waals surface area contributed by atoms with Gasteiger partial charge in [-0.1, -0.05) is 18.5 Å². The van der Waals surface area contributed by atoms with Gasteiger partial charge < -0.3 is 5.32 Å². The van der Waals surface area contributed by atoms with Crippen molar-refractivity contribution in [3.05, 3.63) is 15.5 Å². The van der Waals surface area contributed by atoms with Gasteiger partial charge in [0.15, 0.2) is 0 Å². The highest BCUT2D eigenvalue weighted by Crippen LogP contribution is 2.18. The second-order valence-electron chi connectivity index (χ2n) is 3.33. The van der Waals surface area contributed by atoms with Crippen molar-refractivity contribution in [2.45, 2.75) is 32.9 Å². The van der Waals surface area contributed by atoms with Gasteiger partial charge in [-0.15, -0.1) is 11.3 Å². The summed E-state index contributed by atoms with van der Waals surface area (Å²) in [5.41, 5.74) is 0. The molecule has 0 aliphatic carbocycles. The third-order valence-corrected chi connectivity index (χ3v) is 4.07. The first-order valence-corrected chi connectivity index (χ1v) is 7.48. The lowest BCUT2D eigenvalue weighted by Crippen LogP contribution is -2.25. The zero-order valence-corrected chi connectivity index (χ0v) is 11.5. The molecule has 1 heterocycles. The zero-order chi connectivity index (χ0) is 11.1. The Hall–Kier alpha value is 0.230. The summed E-state index contributed by atoms with van der Waals surface area (Å²) >= 11 is 9.34. The number of hydrogen-bond donors (Lipinski definition) is 1. The maximum absolute atomic E-state index is 5.80. The van der Waals surface area contributed by atoms with Crippen LogP contribution in [0.5, 0.6) is 0 Å². The lowest BCUT2D eigenvalue weighted by molar-refractivity contribution is 0.536. The molecular formula is C10H17ClN2S2. The summed E-state index contributed by atoms with van der Waals surface area (Å²) in [5, 5.41) is 4.51. The Kier molecular flexibility index (Phi) is 6.64. The van der Waals surface area contributed by atoms with E-state index in [1.807, 2.05) is 11.8 Å². The van der Waals surface area contributed by atoms with E-state index in [1.165, 1.54) is 17.9 Å². The van der Waals surface area contributed by atoms with Crippen molar-refractivity contribution in [3.8, 4) is 0 Å². The molecule has 5 heteroatoms. The van der Waals surface area contributed by atoms with Gasteiger partial charge >= 0.3 is 0 Å². The molecule has 15 heavy (non-hydrogen) atoms. The number of halogens is 1. The molecule has 86 valence electrons. The van der Waals surface area contributed by atoms with Crippen LogP contribution < -0.4 is 5.32 Å². The maximum Gasteiger partial charge on any atom is 0.113 e. The minimum absolute atomic E-state index is 0.548. The van der Waals surface area contributed by atoms with Crippen molar-refractivity contribution in [1.82, 2.24) is 10.3 Å². The monoisotopic (exact) mass is 264 g/mol. The first kappa shape index (κ1) is 13.3. The molecule has 0 aromatic carbocycles. The third kappa shape index (κ3) is 5.76. The first-order valence-electron chi connectivity index (χ1n) is 5.13. The molecule has 1 unspecified atom stereocenters. The largest absolute Gasteiger partial charge is 0.308 e. The van der Waals surface area contributed by atoms with Gasteiger partial charge in [-0.2, -0.15) is 11.8 Å². The minimum atomic E-state index is 0.548. The molecule has 1 aromatic heterocycles. The Morgan fingerprint density at radius 3 is 3.07 bits per heavy atom. The fraction of sp³-hybridized carbons (Fsp3) is 0.700. The predicted octanol–water partition coefficient (Wildman–Crippen LogP) is 3.42. The van der Waals surface area contributed by atoms with E-state index in [0.717, 1.165) is 15.9 Å². The van der Waals surface area contributed by atoms with Crippen LogP contribution in [-0.2, 0) is 6.54 Å². The standard InChI is InChI=1S/C10H17ClN2S2/c1-3-14-5-4-8(2)12-7-10-13-6-9(11)15-10/h6,8,12H,3-5,7H2,1-2H3. The highest BCUT2D eigenvalue weighted by molar-refractivity contribution is 7.99. The quantitative estimate of drug-likeness (QED) is 0.764. The zero-order valence-electron chi connectivity index (χ0n) is 9.12. The Morgan fingerprint density at radius 1 is 1.67 bits per heavy atom. The van der Waals surface area contributed by atoms with E-state index < -0.39 is 0 Å². The molecule has 0 saturated heterocycles. The smallest absolute Gasteiger partial charge is 0.113 e. The fourth-order valence-electron chi connectivity index (χ4n) is 1.14. The number of thioether (sulfide) groups is 1. The van der Waals surface area contributed by atoms with Gasteiger partial charge in [0.2, 0.25) is 0 Å². The summed E-state index contributed by atoms with van der Waals surface area (Å²) in [7, 11) is 0. The molecule has 1 aromatic rings. The summed E-state index contributed by atoms with van der Waals surface area (Å²) in [5.74, 6) is 2.43. The van der Waals surface area contributed by atoms with E-state index in [2.05, 4.69) is 24.1 Å². The Morgan fingerprint density at radius 2 is 2.47 bits per heavy atom. The summed E-state index contributed by atoms with van der Waals surface area (Å²) in [4.78, 5) is 4.20. The van der Waals surface area contributed by atoms with Gasteiger partial charge in [-0.25, -0.2) is 4.98 Å². The molecule has 0 bridgehead atoms. The number of aromatic nitrogens is 1. The number of thiazole rings is 1. The van der Waals surface area contributed by atoms with Gasteiger partial charge in [0, 0.05) is 12.6 Å². The predicted molar refractivity (Wildman–Crippen MR) is 71.0 cm³/mol. The number of nitrogens with zero attached hydrogens (tertiary/aromatic N) is 1. The normalized spacial score (nSPS) is 13.0. The molecule has 1 N–H and O–H groups in total. The average Bonchev–Trinajstić information content (AvgIpc) is 2.62. The van der Waals surface area contributed by atoms with Crippen LogP contribution in [0.4, 0.5) is 0 Å². The van der Waals surface area contributed by atoms with Crippen LogP contribution >= 0.6 is 34.7 Å². The number of hydrogen-bond acceptors (Lipinski definition) is 4. The number of rotatable bonds is 7. The van der Waals surface area contributed by atoms with Crippen LogP contribution in [0.3, 0.4) is 0 Å². The minimum Gasteiger partial charge on any atom is -0.308 e. The van der Waals surface area contributed by atoms with Gasteiger partial charge in [0.05, 0.1) is 6.20 Å². The van der Waals surface area contributed by atoms with Gasteiger partial charge in [-0.05, 0) is 24.9 Å². The lowest BCUT2D eigenvalue weighted by Gasteiger charge is -2.11. The lowest BCUT2D eigenvalue weighted by atomic mass is 10.2. The second-order valence-corrected chi connectivity index (χ2v) is 6.47.